The van der Waals surface area contributed by atoms with E-state index in [0.29, 0.717) is 19.0 Å². The molecule has 7 heteroatoms. The first-order valence-electron chi connectivity index (χ1n) is 12.6. The molecule has 3 atom stereocenters. The van der Waals surface area contributed by atoms with Crippen LogP contribution >= 0.6 is 0 Å². The Hall–Kier alpha value is -2.41. The summed E-state index contributed by atoms with van der Waals surface area (Å²) in [4.78, 5) is 42.0. The molecule has 33 heavy (non-hydrogen) atoms. The predicted molar refractivity (Wildman–Crippen MR) is 125 cm³/mol. The second-order valence-electron chi connectivity index (χ2n) is 9.80. The number of nitrogens with one attached hydrogen (secondary N) is 1. The van der Waals surface area contributed by atoms with Gasteiger partial charge in [-0.15, -0.1) is 0 Å². The molecule has 2 bridgehead atoms. The highest BCUT2D eigenvalue weighted by Crippen LogP contribution is 2.38. The molecule has 3 aliphatic heterocycles. The van der Waals surface area contributed by atoms with Gasteiger partial charge in [0.05, 0.1) is 12.1 Å². The first kappa shape index (κ1) is 23.7. The Kier molecular flexibility index (Phi) is 7.68. The van der Waals surface area contributed by atoms with Gasteiger partial charge in [-0.3, -0.25) is 14.4 Å². The summed E-state index contributed by atoms with van der Waals surface area (Å²) >= 11 is 0. The summed E-state index contributed by atoms with van der Waals surface area (Å²) in [6, 6.07) is 5.93. The smallest absolute Gasteiger partial charge is 0.312 e. The highest BCUT2D eigenvalue weighted by Gasteiger charge is 2.44. The van der Waals surface area contributed by atoms with Crippen molar-refractivity contribution in [2.45, 2.75) is 82.8 Å². The van der Waals surface area contributed by atoms with E-state index in [0.717, 1.165) is 69.8 Å². The van der Waals surface area contributed by atoms with E-state index in [1.807, 2.05) is 4.90 Å². The molecule has 1 aromatic rings. The van der Waals surface area contributed by atoms with Gasteiger partial charge in [-0.05, 0) is 80.4 Å². The van der Waals surface area contributed by atoms with Crippen molar-refractivity contribution in [1.82, 2.24) is 15.1 Å². The third kappa shape index (κ3) is 4.93. The lowest BCUT2D eigenvalue weighted by atomic mass is 9.80. The molecule has 2 N–H and O–H groups in total. The quantitative estimate of drug-likeness (QED) is 0.527. The third-order valence-electron chi connectivity index (χ3n) is 7.97. The number of hydrogen-bond donors (Lipinski definition) is 2. The first-order valence-corrected chi connectivity index (χ1v) is 12.6. The highest BCUT2D eigenvalue weighted by molar-refractivity contribution is 6.35. The minimum absolute atomic E-state index is 0.0153. The number of likely N-dealkylation sites (tertiary alicyclic amines) is 1. The van der Waals surface area contributed by atoms with Crippen LogP contribution < -0.4 is 5.32 Å². The van der Waals surface area contributed by atoms with E-state index < -0.39 is 11.8 Å². The van der Waals surface area contributed by atoms with Crippen molar-refractivity contribution in [3.05, 3.63) is 34.9 Å². The van der Waals surface area contributed by atoms with Gasteiger partial charge in [-0.25, -0.2) is 0 Å². The maximum absolute atomic E-state index is 13.6. The monoisotopic (exact) mass is 455 g/mol. The van der Waals surface area contributed by atoms with Crippen molar-refractivity contribution in [2.24, 2.45) is 5.92 Å². The molecule has 0 saturated carbocycles. The summed E-state index contributed by atoms with van der Waals surface area (Å²) in [5, 5.41) is 12.2. The Labute approximate surface area is 196 Å². The Morgan fingerprint density at radius 2 is 1.91 bits per heavy atom. The molecule has 0 aliphatic carbocycles. The van der Waals surface area contributed by atoms with Gasteiger partial charge >= 0.3 is 11.8 Å². The van der Waals surface area contributed by atoms with Gasteiger partial charge in [0.2, 0.25) is 6.41 Å². The van der Waals surface area contributed by atoms with E-state index in [9.17, 15) is 19.5 Å². The van der Waals surface area contributed by atoms with Crippen molar-refractivity contribution in [1.29, 1.82) is 0 Å². The number of rotatable bonds is 5. The van der Waals surface area contributed by atoms with Crippen LogP contribution in [-0.2, 0) is 27.2 Å². The molecule has 4 rings (SSSR count). The standard InChI is InChI=1S/C26H37N3O4/c1-2-18-6-9-22-20(16-18)7-8-21-4-3-5-23(24(22)27-17-31)29(21)26(33)25(32)28-13-10-19(11-14-28)12-15-30/h6,9,16-17,19,21,23-24,30H,2-5,7-8,10-15H2,1H3,(H,27,31). The molecule has 3 amide bonds. The fourth-order valence-electron chi connectivity index (χ4n) is 6.09. The third-order valence-corrected chi connectivity index (χ3v) is 7.97. The molecular weight excluding hydrogens is 418 g/mol. The molecule has 180 valence electrons. The largest absolute Gasteiger partial charge is 0.396 e. The van der Waals surface area contributed by atoms with Crippen molar-refractivity contribution in [3.8, 4) is 0 Å². The molecule has 3 aliphatic rings. The van der Waals surface area contributed by atoms with Gasteiger partial charge in [0, 0.05) is 25.7 Å². The van der Waals surface area contributed by atoms with Gasteiger partial charge in [-0.2, -0.15) is 0 Å². The first-order chi connectivity index (χ1) is 16.1. The number of benzene rings is 1. The number of carbonyl (C=O) groups is 3. The zero-order chi connectivity index (χ0) is 23.4. The van der Waals surface area contributed by atoms with Crippen LogP contribution in [0.25, 0.3) is 0 Å². The summed E-state index contributed by atoms with van der Waals surface area (Å²) in [6.07, 6.45) is 8.42. The van der Waals surface area contributed by atoms with E-state index in [-0.39, 0.29) is 24.7 Å². The SMILES string of the molecule is CCc1ccc2c(c1)CCC1CCCC(C2NC=O)N1C(=O)C(=O)N1CCC(CCO)CC1. The van der Waals surface area contributed by atoms with Crippen LogP contribution in [-0.4, -0.2) is 64.9 Å². The maximum atomic E-state index is 13.6. The molecule has 0 spiro atoms. The molecule has 2 saturated heterocycles. The molecule has 3 heterocycles. The van der Waals surface area contributed by atoms with E-state index in [1.54, 1.807) is 4.90 Å². The number of aryl methyl sites for hydroxylation is 2. The molecule has 0 radical (unpaired) electrons. The predicted octanol–water partition coefficient (Wildman–Crippen LogP) is 2.35. The minimum atomic E-state index is -0.420. The summed E-state index contributed by atoms with van der Waals surface area (Å²) in [6.45, 7) is 3.44. The zero-order valence-corrected chi connectivity index (χ0v) is 19.7. The van der Waals surface area contributed by atoms with Gasteiger partial charge in [0.15, 0.2) is 0 Å². The Morgan fingerprint density at radius 1 is 1.12 bits per heavy atom. The average molecular weight is 456 g/mol. The van der Waals surface area contributed by atoms with Crippen LogP contribution in [0.3, 0.4) is 0 Å². The van der Waals surface area contributed by atoms with Gasteiger partial charge in [0.1, 0.15) is 0 Å². The molecule has 3 unspecified atom stereocenters. The van der Waals surface area contributed by atoms with Crippen molar-refractivity contribution >= 4 is 18.2 Å². The number of piperidine rings is 2. The normalized spacial score (nSPS) is 25.6. The molecule has 2 fully saturated rings. The fourth-order valence-corrected chi connectivity index (χ4v) is 6.09. The van der Waals surface area contributed by atoms with Crippen LogP contribution in [0.15, 0.2) is 18.2 Å². The van der Waals surface area contributed by atoms with Crippen LogP contribution in [0.2, 0.25) is 0 Å². The number of hydrogen-bond acceptors (Lipinski definition) is 4. The fraction of sp³-hybridized carbons (Fsp3) is 0.654. The number of nitrogens with zero attached hydrogens (tertiary/aromatic N) is 2. The Morgan fingerprint density at radius 3 is 2.61 bits per heavy atom. The molecular formula is C26H37N3O4. The molecule has 1 aromatic carbocycles. The van der Waals surface area contributed by atoms with Gasteiger partial charge in [-0.1, -0.05) is 25.1 Å². The number of aliphatic hydroxyl groups excluding tert-OH is 1. The lowest BCUT2D eigenvalue weighted by Gasteiger charge is -2.47. The van der Waals surface area contributed by atoms with Crippen LogP contribution in [0.5, 0.6) is 0 Å². The van der Waals surface area contributed by atoms with E-state index in [2.05, 4.69) is 30.4 Å². The van der Waals surface area contributed by atoms with E-state index >= 15 is 0 Å². The van der Waals surface area contributed by atoms with E-state index in [4.69, 9.17) is 0 Å². The highest BCUT2D eigenvalue weighted by atomic mass is 16.3. The van der Waals surface area contributed by atoms with Crippen molar-refractivity contribution in [2.75, 3.05) is 19.7 Å². The van der Waals surface area contributed by atoms with Crippen molar-refractivity contribution in [3.63, 3.8) is 0 Å². The second-order valence-corrected chi connectivity index (χ2v) is 9.80. The van der Waals surface area contributed by atoms with Gasteiger partial charge < -0.3 is 20.2 Å². The van der Waals surface area contributed by atoms with Gasteiger partial charge in [0.25, 0.3) is 0 Å². The lowest BCUT2D eigenvalue weighted by molar-refractivity contribution is -0.158. The summed E-state index contributed by atoms with van der Waals surface area (Å²) in [5.74, 6) is -0.418. The number of carbonyl (C=O) groups excluding carboxylic acids is 3. The lowest BCUT2D eigenvalue weighted by Crippen LogP contribution is -2.59. The number of amides is 3. The topological polar surface area (TPSA) is 90.0 Å². The maximum Gasteiger partial charge on any atom is 0.312 e. The second kappa shape index (κ2) is 10.7. The summed E-state index contributed by atoms with van der Waals surface area (Å²) < 4.78 is 0. The zero-order valence-electron chi connectivity index (χ0n) is 19.7. The van der Waals surface area contributed by atoms with E-state index in [1.165, 1.54) is 11.1 Å². The Balaban J connectivity index is 1.59. The molecule has 7 nitrogen and oxygen atoms in total. The number of fused-ring (bicyclic) bond motifs is 3. The van der Waals surface area contributed by atoms with Crippen LogP contribution in [0, 0.1) is 5.92 Å². The minimum Gasteiger partial charge on any atom is -0.396 e. The molecule has 0 aromatic heterocycles. The summed E-state index contributed by atoms with van der Waals surface area (Å²) in [7, 11) is 0. The van der Waals surface area contributed by atoms with Crippen molar-refractivity contribution < 1.29 is 19.5 Å². The van der Waals surface area contributed by atoms with Crippen LogP contribution in [0.1, 0.15) is 74.6 Å². The average Bonchev–Trinajstić information content (AvgIpc) is 2.85. The number of aliphatic hydroxyl groups is 1. The summed E-state index contributed by atoms with van der Waals surface area (Å²) in [5.41, 5.74) is 3.59. The Bertz CT molecular complexity index is 865. The van der Waals surface area contributed by atoms with Crippen LogP contribution in [0.4, 0.5) is 0 Å².